The Balaban J connectivity index is 0.00000363. The molecule has 0 bridgehead atoms. The van der Waals surface area contributed by atoms with Crippen molar-refractivity contribution in [2.24, 2.45) is 0 Å². The molecule has 0 aliphatic rings. The van der Waals surface area contributed by atoms with Crippen molar-refractivity contribution < 1.29 is 14.3 Å². The highest BCUT2D eigenvalue weighted by molar-refractivity contribution is 7.22. The number of amides is 1. The largest absolute Gasteiger partial charge is 0.497 e. The van der Waals surface area contributed by atoms with Crippen LogP contribution in [0.5, 0.6) is 11.5 Å². The SMILES string of the molecule is CCN(CC)CCN(C(=O)c1cc(OC)cc(OC)c1)c1nc2cc(C)c(C)cc2s1.Cl. The van der Waals surface area contributed by atoms with Gasteiger partial charge in [-0.2, -0.15) is 0 Å². The van der Waals surface area contributed by atoms with Gasteiger partial charge in [-0.15, -0.1) is 12.4 Å². The maximum absolute atomic E-state index is 13.6. The summed E-state index contributed by atoms with van der Waals surface area (Å²) in [7, 11) is 3.17. The van der Waals surface area contributed by atoms with Crippen LogP contribution in [0.15, 0.2) is 30.3 Å². The lowest BCUT2D eigenvalue weighted by molar-refractivity contribution is 0.0983. The van der Waals surface area contributed by atoms with Gasteiger partial charge < -0.3 is 14.4 Å². The summed E-state index contributed by atoms with van der Waals surface area (Å²) in [5, 5.41) is 0.707. The van der Waals surface area contributed by atoms with Gasteiger partial charge in [0.1, 0.15) is 11.5 Å². The van der Waals surface area contributed by atoms with Crippen molar-refractivity contribution in [3.8, 4) is 11.5 Å². The van der Waals surface area contributed by atoms with E-state index in [-0.39, 0.29) is 18.3 Å². The Labute approximate surface area is 200 Å². The van der Waals surface area contributed by atoms with E-state index in [9.17, 15) is 4.79 Å². The molecule has 0 fully saturated rings. The fourth-order valence-electron chi connectivity index (χ4n) is 3.44. The summed E-state index contributed by atoms with van der Waals surface area (Å²) in [4.78, 5) is 22.5. The number of aromatic nitrogens is 1. The molecule has 0 aliphatic carbocycles. The van der Waals surface area contributed by atoms with Crippen molar-refractivity contribution in [3.63, 3.8) is 0 Å². The average molecular weight is 478 g/mol. The molecule has 0 atom stereocenters. The minimum absolute atomic E-state index is 0. The lowest BCUT2D eigenvalue weighted by Gasteiger charge is -2.25. The molecule has 0 radical (unpaired) electrons. The number of ether oxygens (including phenoxy) is 2. The maximum Gasteiger partial charge on any atom is 0.260 e. The summed E-state index contributed by atoms with van der Waals surface area (Å²) in [6.45, 7) is 11.6. The van der Waals surface area contributed by atoms with Crippen LogP contribution in [-0.2, 0) is 0 Å². The van der Waals surface area contributed by atoms with Crippen molar-refractivity contribution in [1.29, 1.82) is 0 Å². The number of halogens is 1. The number of fused-ring (bicyclic) bond motifs is 1. The summed E-state index contributed by atoms with van der Waals surface area (Å²) in [6, 6.07) is 9.49. The van der Waals surface area contributed by atoms with E-state index in [0.29, 0.717) is 28.7 Å². The molecular weight excluding hydrogens is 446 g/mol. The Morgan fingerprint density at radius 1 is 0.938 bits per heavy atom. The molecule has 174 valence electrons. The Bertz CT molecular complexity index is 1000. The first kappa shape index (κ1) is 25.9. The molecule has 8 heteroatoms. The highest BCUT2D eigenvalue weighted by atomic mass is 35.5. The minimum Gasteiger partial charge on any atom is -0.497 e. The molecule has 2 aromatic carbocycles. The quantitative estimate of drug-likeness (QED) is 0.416. The number of hydrogen-bond donors (Lipinski definition) is 0. The molecule has 0 spiro atoms. The highest BCUT2D eigenvalue weighted by Gasteiger charge is 2.23. The molecule has 1 heterocycles. The van der Waals surface area contributed by atoms with Crippen molar-refractivity contribution in [2.75, 3.05) is 45.3 Å². The molecule has 6 nitrogen and oxygen atoms in total. The zero-order valence-corrected chi connectivity index (χ0v) is 21.2. The van der Waals surface area contributed by atoms with Gasteiger partial charge in [0.15, 0.2) is 5.13 Å². The number of rotatable bonds is 9. The summed E-state index contributed by atoms with van der Waals surface area (Å²) < 4.78 is 11.8. The first-order valence-electron chi connectivity index (χ1n) is 10.5. The van der Waals surface area contributed by atoms with Gasteiger partial charge in [-0.3, -0.25) is 9.69 Å². The molecule has 1 amide bonds. The molecule has 0 N–H and O–H groups in total. The third kappa shape index (κ3) is 5.71. The van der Waals surface area contributed by atoms with Gasteiger partial charge in [0.05, 0.1) is 24.4 Å². The second-order valence-corrected chi connectivity index (χ2v) is 8.49. The molecule has 1 aromatic heterocycles. The van der Waals surface area contributed by atoms with E-state index in [1.165, 1.54) is 11.1 Å². The fraction of sp³-hybridized carbons (Fsp3) is 0.417. The minimum atomic E-state index is -0.114. The zero-order valence-electron chi connectivity index (χ0n) is 19.6. The highest BCUT2D eigenvalue weighted by Crippen LogP contribution is 2.32. The number of methoxy groups -OCH3 is 2. The van der Waals surface area contributed by atoms with Gasteiger partial charge in [0, 0.05) is 24.7 Å². The summed E-state index contributed by atoms with van der Waals surface area (Å²) in [5.74, 6) is 1.06. The standard InChI is InChI=1S/C24H31N3O3S.ClH/c1-7-26(8-2)9-10-27(23(28)18-13-19(29-5)15-20(14-18)30-6)24-25-21-11-16(3)17(4)12-22(21)31-24;/h11-15H,7-10H2,1-6H3;1H. The molecule has 3 aromatic rings. The van der Waals surface area contributed by atoms with Crippen molar-refractivity contribution in [2.45, 2.75) is 27.7 Å². The van der Waals surface area contributed by atoms with Crippen LogP contribution in [0.1, 0.15) is 35.3 Å². The smallest absolute Gasteiger partial charge is 0.260 e. The van der Waals surface area contributed by atoms with E-state index in [1.807, 2.05) is 0 Å². The van der Waals surface area contributed by atoms with Gasteiger partial charge >= 0.3 is 0 Å². The second-order valence-electron chi connectivity index (χ2n) is 7.49. The lowest BCUT2D eigenvalue weighted by atomic mass is 10.1. The van der Waals surface area contributed by atoms with E-state index < -0.39 is 0 Å². The molecular formula is C24H32ClN3O3S. The Morgan fingerprint density at radius 3 is 2.09 bits per heavy atom. The fourth-order valence-corrected chi connectivity index (χ4v) is 4.51. The van der Waals surface area contributed by atoms with Gasteiger partial charge in [0.25, 0.3) is 5.91 Å². The van der Waals surface area contributed by atoms with E-state index in [4.69, 9.17) is 14.5 Å². The first-order valence-corrected chi connectivity index (χ1v) is 11.4. The Kier molecular flexibility index (Phi) is 9.31. The molecule has 0 saturated carbocycles. The van der Waals surface area contributed by atoms with E-state index in [0.717, 1.165) is 29.9 Å². The van der Waals surface area contributed by atoms with Gasteiger partial charge in [0.2, 0.25) is 0 Å². The number of carbonyl (C=O) groups excluding carboxylic acids is 1. The summed E-state index contributed by atoms with van der Waals surface area (Å²) in [5.41, 5.74) is 3.86. The number of benzene rings is 2. The number of nitrogens with zero attached hydrogens (tertiary/aromatic N) is 3. The molecule has 0 unspecified atom stereocenters. The number of aryl methyl sites for hydroxylation is 2. The number of thiazole rings is 1. The van der Waals surface area contributed by atoms with Gasteiger partial charge in [-0.25, -0.2) is 4.98 Å². The number of hydrogen-bond acceptors (Lipinski definition) is 6. The Hall–Kier alpha value is -2.35. The van der Waals surface area contributed by atoms with E-state index in [2.05, 4.69) is 44.7 Å². The van der Waals surface area contributed by atoms with Gasteiger partial charge in [-0.1, -0.05) is 25.2 Å². The third-order valence-corrected chi connectivity index (χ3v) is 6.64. The molecule has 0 aliphatic heterocycles. The van der Waals surface area contributed by atoms with Crippen LogP contribution in [0, 0.1) is 13.8 Å². The van der Waals surface area contributed by atoms with Crippen LogP contribution in [0.4, 0.5) is 5.13 Å². The van der Waals surface area contributed by atoms with Gasteiger partial charge in [-0.05, 0) is 62.3 Å². The molecule has 32 heavy (non-hydrogen) atoms. The van der Waals surface area contributed by atoms with Crippen LogP contribution < -0.4 is 14.4 Å². The van der Waals surface area contributed by atoms with Crippen LogP contribution in [-0.4, -0.2) is 56.2 Å². The van der Waals surface area contributed by atoms with Crippen LogP contribution in [0.25, 0.3) is 10.2 Å². The normalized spacial score (nSPS) is 10.8. The molecule has 0 saturated heterocycles. The number of likely N-dealkylation sites (N-methyl/N-ethyl adjacent to an activating group) is 1. The van der Waals surface area contributed by atoms with Crippen molar-refractivity contribution in [3.05, 3.63) is 47.0 Å². The first-order chi connectivity index (χ1) is 14.9. The van der Waals surface area contributed by atoms with Crippen molar-refractivity contribution >= 4 is 45.0 Å². The van der Waals surface area contributed by atoms with Crippen LogP contribution >= 0.6 is 23.7 Å². The molecule has 3 rings (SSSR count). The van der Waals surface area contributed by atoms with Crippen LogP contribution in [0.3, 0.4) is 0 Å². The maximum atomic E-state index is 13.6. The topological polar surface area (TPSA) is 54.9 Å². The zero-order chi connectivity index (χ0) is 22.5. The summed E-state index contributed by atoms with van der Waals surface area (Å²) >= 11 is 1.55. The number of carbonyl (C=O) groups is 1. The monoisotopic (exact) mass is 477 g/mol. The number of anilines is 1. The average Bonchev–Trinajstić information content (AvgIpc) is 3.18. The third-order valence-electron chi connectivity index (χ3n) is 5.60. The van der Waals surface area contributed by atoms with E-state index in [1.54, 1.807) is 48.7 Å². The Morgan fingerprint density at radius 2 is 1.53 bits per heavy atom. The van der Waals surface area contributed by atoms with Crippen molar-refractivity contribution in [1.82, 2.24) is 9.88 Å². The predicted octanol–water partition coefficient (Wildman–Crippen LogP) is 5.34. The predicted molar refractivity (Wildman–Crippen MR) is 135 cm³/mol. The lowest BCUT2D eigenvalue weighted by Crippen LogP contribution is -2.38. The van der Waals surface area contributed by atoms with Crippen LogP contribution in [0.2, 0.25) is 0 Å². The van der Waals surface area contributed by atoms with E-state index >= 15 is 0 Å². The summed E-state index contributed by atoms with van der Waals surface area (Å²) in [6.07, 6.45) is 0. The second kappa shape index (κ2) is 11.5.